The molecule has 2 rings (SSSR count). The molecule has 0 saturated heterocycles. The number of carbonyl (C=O) groups is 1. The number of para-hydroxylation sites is 1. The fourth-order valence-corrected chi connectivity index (χ4v) is 2.15. The molecule has 0 aromatic heterocycles. The summed E-state index contributed by atoms with van der Waals surface area (Å²) >= 11 is 0. The SMILES string of the molecule is O=C(NCC1(O)CCCC1)Nc1ccccc1. The molecule has 92 valence electrons. The van der Waals surface area contributed by atoms with Crippen molar-refractivity contribution in [1.82, 2.24) is 5.32 Å². The molecule has 0 bridgehead atoms. The molecule has 2 amide bonds. The van der Waals surface area contributed by atoms with E-state index in [1.165, 1.54) is 0 Å². The summed E-state index contributed by atoms with van der Waals surface area (Å²) in [6.07, 6.45) is 3.63. The molecule has 1 aliphatic carbocycles. The van der Waals surface area contributed by atoms with Gasteiger partial charge in [0, 0.05) is 12.2 Å². The van der Waals surface area contributed by atoms with Crippen molar-refractivity contribution in [2.75, 3.05) is 11.9 Å². The van der Waals surface area contributed by atoms with Gasteiger partial charge in [-0.15, -0.1) is 0 Å². The lowest BCUT2D eigenvalue weighted by Gasteiger charge is -2.22. The lowest BCUT2D eigenvalue weighted by Crippen LogP contribution is -2.42. The van der Waals surface area contributed by atoms with Crippen molar-refractivity contribution in [1.29, 1.82) is 0 Å². The normalized spacial score (nSPS) is 17.7. The Morgan fingerprint density at radius 3 is 2.53 bits per heavy atom. The molecule has 0 spiro atoms. The van der Waals surface area contributed by atoms with Crippen LogP contribution in [0.5, 0.6) is 0 Å². The van der Waals surface area contributed by atoms with Gasteiger partial charge >= 0.3 is 6.03 Å². The van der Waals surface area contributed by atoms with Crippen molar-refractivity contribution in [2.24, 2.45) is 0 Å². The molecule has 4 nitrogen and oxygen atoms in total. The highest BCUT2D eigenvalue weighted by molar-refractivity contribution is 5.89. The maximum atomic E-state index is 11.6. The molecule has 17 heavy (non-hydrogen) atoms. The Morgan fingerprint density at radius 2 is 1.88 bits per heavy atom. The van der Waals surface area contributed by atoms with Crippen LogP contribution in [0.25, 0.3) is 0 Å². The second kappa shape index (κ2) is 5.19. The number of urea groups is 1. The van der Waals surface area contributed by atoms with Gasteiger partial charge in [-0.2, -0.15) is 0 Å². The third-order valence-electron chi connectivity index (χ3n) is 3.14. The first-order valence-corrected chi connectivity index (χ1v) is 6.00. The van der Waals surface area contributed by atoms with E-state index in [0.717, 1.165) is 31.4 Å². The highest BCUT2D eigenvalue weighted by atomic mass is 16.3. The zero-order valence-corrected chi connectivity index (χ0v) is 9.78. The lowest BCUT2D eigenvalue weighted by atomic mass is 10.0. The summed E-state index contributed by atoms with van der Waals surface area (Å²) in [6.45, 7) is 0.325. The van der Waals surface area contributed by atoms with Gasteiger partial charge in [-0.1, -0.05) is 31.0 Å². The summed E-state index contributed by atoms with van der Waals surface area (Å²) in [5.41, 5.74) is 0.0528. The topological polar surface area (TPSA) is 61.4 Å². The first kappa shape index (κ1) is 11.9. The van der Waals surface area contributed by atoms with E-state index in [1.54, 1.807) is 0 Å². The van der Waals surface area contributed by atoms with E-state index in [-0.39, 0.29) is 6.03 Å². The first-order valence-electron chi connectivity index (χ1n) is 6.00. The summed E-state index contributed by atoms with van der Waals surface area (Å²) in [6, 6.07) is 9.00. The lowest BCUT2D eigenvalue weighted by molar-refractivity contribution is 0.0506. The van der Waals surface area contributed by atoms with Crippen molar-refractivity contribution in [3.8, 4) is 0 Å². The molecule has 0 heterocycles. The predicted molar refractivity (Wildman–Crippen MR) is 66.9 cm³/mol. The fourth-order valence-electron chi connectivity index (χ4n) is 2.15. The van der Waals surface area contributed by atoms with Gasteiger partial charge in [0.15, 0.2) is 0 Å². The predicted octanol–water partition coefficient (Wildman–Crippen LogP) is 2.11. The van der Waals surface area contributed by atoms with Crippen molar-refractivity contribution in [3.63, 3.8) is 0 Å². The van der Waals surface area contributed by atoms with Gasteiger partial charge in [-0.3, -0.25) is 0 Å². The van der Waals surface area contributed by atoms with E-state index in [4.69, 9.17) is 0 Å². The molecule has 0 radical (unpaired) electrons. The first-order chi connectivity index (χ1) is 8.18. The molecule has 1 aromatic rings. The monoisotopic (exact) mass is 234 g/mol. The Bertz CT molecular complexity index is 372. The zero-order chi connectivity index (χ0) is 12.1. The molecule has 1 saturated carbocycles. The van der Waals surface area contributed by atoms with Crippen LogP contribution < -0.4 is 10.6 Å². The number of benzene rings is 1. The minimum absolute atomic E-state index is 0.267. The molecule has 3 N–H and O–H groups in total. The van der Waals surface area contributed by atoms with Crippen LogP contribution in [0.2, 0.25) is 0 Å². The summed E-state index contributed by atoms with van der Waals surface area (Å²) < 4.78 is 0. The smallest absolute Gasteiger partial charge is 0.319 e. The average Bonchev–Trinajstić information content (AvgIpc) is 2.76. The molecule has 4 heteroatoms. The minimum atomic E-state index is -0.700. The van der Waals surface area contributed by atoms with Crippen LogP contribution in [0.15, 0.2) is 30.3 Å². The number of anilines is 1. The van der Waals surface area contributed by atoms with Gasteiger partial charge < -0.3 is 15.7 Å². The van der Waals surface area contributed by atoms with Crippen molar-refractivity contribution >= 4 is 11.7 Å². The molecular formula is C13H18N2O2. The second-order valence-electron chi connectivity index (χ2n) is 4.61. The van der Waals surface area contributed by atoms with Crippen LogP contribution in [-0.2, 0) is 0 Å². The van der Waals surface area contributed by atoms with E-state index >= 15 is 0 Å². The van der Waals surface area contributed by atoms with Gasteiger partial charge in [0.2, 0.25) is 0 Å². The Kier molecular flexibility index (Phi) is 3.64. The molecule has 0 atom stereocenters. The number of rotatable bonds is 3. The van der Waals surface area contributed by atoms with Crippen molar-refractivity contribution < 1.29 is 9.90 Å². The summed E-state index contributed by atoms with van der Waals surface area (Å²) in [5, 5.41) is 15.5. The van der Waals surface area contributed by atoms with Crippen molar-refractivity contribution in [3.05, 3.63) is 30.3 Å². The zero-order valence-electron chi connectivity index (χ0n) is 9.78. The van der Waals surface area contributed by atoms with E-state index in [2.05, 4.69) is 10.6 Å². The Morgan fingerprint density at radius 1 is 1.24 bits per heavy atom. The Balaban J connectivity index is 1.78. The molecular weight excluding hydrogens is 216 g/mol. The van der Waals surface area contributed by atoms with Gasteiger partial charge in [0.25, 0.3) is 0 Å². The number of hydrogen-bond acceptors (Lipinski definition) is 2. The summed E-state index contributed by atoms with van der Waals surface area (Å²) in [5.74, 6) is 0. The maximum Gasteiger partial charge on any atom is 0.319 e. The largest absolute Gasteiger partial charge is 0.388 e. The summed E-state index contributed by atoms with van der Waals surface area (Å²) in [7, 11) is 0. The molecule has 0 aliphatic heterocycles. The van der Waals surface area contributed by atoms with E-state index in [1.807, 2.05) is 30.3 Å². The number of nitrogens with one attached hydrogen (secondary N) is 2. The van der Waals surface area contributed by atoms with Crippen LogP contribution in [0, 0.1) is 0 Å². The number of aliphatic hydroxyl groups is 1. The van der Waals surface area contributed by atoms with Crippen LogP contribution >= 0.6 is 0 Å². The highest BCUT2D eigenvalue weighted by Crippen LogP contribution is 2.28. The number of carbonyl (C=O) groups excluding carboxylic acids is 1. The molecule has 0 unspecified atom stereocenters. The van der Waals surface area contributed by atoms with Crippen LogP contribution in [0.3, 0.4) is 0 Å². The summed E-state index contributed by atoms with van der Waals surface area (Å²) in [4.78, 5) is 11.6. The van der Waals surface area contributed by atoms with E-state index in [0.29, 0.717) is 6.54 Å². The van der Waals surface area contributed by atoms with Gasteiger partial charge in [-0.25, -0.2) is 4.79 Å². The molecule has 1 fully saturated rings. The quantitative estimate of drug-likeness (QED) is 0.750. The number of amides is 2. The fraction of sp³-hybridized carbons (Fsp3) is 0.462. The van der Waals surface area contributed by atoms with Crippen LogP contribution in [0.4, 0.5) is 10.5 Å². The number of hydrogen-bond donors (Lipinski definition) is 3. The second-order valence-corrected chi connectivity index (χ2v) is 4.61. The Hall–Kier alpha value is -1.55. The van der Waals surface area contributed by atoms with E-state index < -0.39 is 5.60 Å². The maximum absolute atomic E-state index is 11.6. The van der Waals surface area contributed by atoms with Gasteiger partial charge in [0.05, 0.1) is 5.60 Å². The minimum Gasteiger partial charge on any atom is -0.388 e. The molecule has 1 aliphatic rings. The third-order valence-corrected chi connectivity index (χ3v) is 3.14. The molecule has 1 aromatic carbocycles. The third kappa shape index (κ3) is 3.46. The van der Waals surface area contributed by atoms with Crippen molar-refractivity contribution in [2.45, 2.75) is 31.3 Å². The van der Waals surface area contributed by atoms with Gasteiger partial charge in [0.1, 0.15) is 0 Å². The van der Waals surface area contributed by atoms with E-state index in [9.17, 15) is 9.90 Å². The van der Waals surface area contributed by atoms with Crippen LogP contribution in [0.1, 0.15) is 25.7 Å². The Labute approximate surface area is 101 Å². The van der Waals surface area contributed by atoms with Crippen LogP contribution in [-0.4, -0.2) is 23.3 Å². The van der Waals surface area contributed by atoms with Gasteiger partial charge in [-0.05, 0) is 25.0 Å². The standard InChI is InChI=1S/C13H18N2O2/c16-12(15-11-6-2-1-3-7-11)14-10-13(17)8-4-5-9-13/h1-3,6-7,17H,4-5,8-10H2,(H2,14,15,16). The highest BCUT2D eigenvalue weighted by Gasteiger charge is 2.31. The average molecular weight is 234 g/mol.